The van der Waals surface area contributed by atoms with Crippen LogP contribution in [0.4, 0.5) is 4.39 Å². The third-order valence-electron chi connectivity index (χ3n) is 6.04. The molecule has 1 heterocycles. The lowest BCUT2D eigenvalue weighted by Gasteiger charge is -2.28. The summed E-state index contributed by atoms with van der Waals surface area (Å²) in [6, 6.07) is 7.92. The molecular formula is C26H31ClFN3O6S3. The fourth-order valence-electron chi connectivity index (χ4n) is 3.87. The van der Waals surface area contributed by atoms with Crippen LogP contribution >= 0.6 is 11.6 Å². The average molecular weight is 632 g/mol. The van der Waals surface area contributed by atoms with Crippen molar-refractivity contribution in [3.05, 3.63) is 81.0 Å². The number of aryl methyl sites for hydroxylation is 1. The van der Waals surface area contributed by atoms with Crippen molar-refractivity contribution in [3.8, 4) is 11.1 Å². The summed E-state index contributed by atoms with van der Waals surface area (Å²) in [5, 5.41) is 0.0985. The molecule has 1 aromatic heterocycles. The van der Waals surface area contributed by atoms with Crippen LogP contribution in [0.5, 0.6) is 0 Å². The molecule has 0 saturated carbocycles. The Labute approximate surface area is 243 Å². The van der Waals surface area contributed by atoms with E-state index >= 15 is 0 Å². The molecule has 3 rings (SSSR count). The van der Waals surface area contributed by atoms with Gasteiger partial charge in [-0.25, -0.2) is 21.7 Å². The molecule has 40 heavy (non-hydrogen) atoms. The summed E-state index contributed by atoms with van der Waals surface area (Å²) >= 11 is 2.74. The third-order valence-corrected chi connectivity index (χ3v) is 10.3. The van der Waals surface area contributed by atoms with Gasteiger partial charge in [0.15, 0.2) is 0 Å². The molecule has 0 fully saturated rings. The molecule has 218 valence electrons. The van der Waals surface area contributed by atoms with E-state index in [1.807, 2.05) is 0 Å². The van der Waals surface area contributed by atoms with Crippen LogP contribution in [0.2, 0.25) is 5.02 Å². The van der Waals surface area contributed by atoms with E-state index in [1.165, 1.54) is 29.9 Å². The third kappa shape index (κ3) is 7.59. The second-order valence-electron chi connectivity index (χ2n) is 10.1. The summed E-state index contributed by atoms with van der Waals surface area (Å²) in [4.78, 5) is 12.3. The number of hydrogen-bond acceptors (Lipinski definition) is 6. The van der Waals surface area contributed by atoms with Gasteiger partial charge in [-0.1, -0.05) is 11.6 Å². The van der Waals surface area contributed by atoms with E-state index in [0.29, 0.717) is 16.7 Å². The number of rotatable bonds is 10. The van der Waals surface area contributed by atoms with Gasteiger partial charge in [0.2, 0.25) is 21.1 Å². The second-order valence-corrected chi connectivity index (χ2v) is 15.2. The van der Waals surface area contributed by atoms with Gasteiger partial charge in [-0.2, -0.15) is 0 Å². The largest absolute Gasteiger partial charge is 0.598 e. The van der Waals surface area contributed by atoms with E-state index in [9.17, 15) is 26.4 Å². The van der Waals surface area contributed by atoms with Crippen LogP contribution in [0.25, 0.3) is 11.1 Å². The molecule has 0 aliphatic carbocycles. The van der Waals surface area contributed by atoms with Crippen molar-refractivity contribution < 1.29 is 26.1 Å². The molecule has 3 aromatic rings. The van der Waals surface area contributed by atoms with Crippen LogP contribution < -0.4 is 15.0 Å². The predicted molar refractivity (Wildman–Crippen MR) is 156 cm³/mol. The minimum Gasteiger partial charge on any atom is -0.598 e. The summed E-state index contributed by atoms with van der Waals surface area (Å²) < 4.78 is 80.4. The predicted octanol–water partition coefficient (Wildman–Crippen LogP) is 4.06. The molecule has 0 aliphatic heterocycles. The Morgan fingerprint density at radius 1 is 1.18 bits per heavy atom. The number of pyridine rings is 1. The number of benzene rings is 2. The van der Waals surface area contributed by atoms with E-state index in [4.69, 9.17) is 16.2 Å². The highest BCUT2D eigenvalue weighted by atomic mass is 35.5. The van der Waals surface area contributed by atoms with E-state index in [0.717, 1.165) is 24.3 Å². The molecule has 0 aliphatic rings. The first-order valence-electron chi connectivity index (χ1n) is 12.1. The summed E-state index contributed by atoms with van der Waals surface area (Å²) in [6.07, 6.45) is 1.67. The summed E-state index contributed by atoms with van der Waals surface area (Å²) in [6.45, 7) is 7.16. The zero-order valence-corrected chi connectivity index (χ0v) is 25.7. The smallest absolute Gasteiger partial charge is 0.250 e. The molecule has 0 spiro atoms. The Balaban J connectivity index is 2.31. The standard InChI is InChI=1S/C26H31ClFN3O6S3/c1-16(30-38(33)26(2,3)4)20-13-25(32)31(5)15-22(20)21-12-17(10-11-29-39(34)35)23(27)14-24(21)40(36,37)19-8-6-18(28)7-9-19/h6-9,12-16,29-30H,10-11H2,1-5H3,(H,34,35). The minimum atomic E-state index is -4.24. The average Bonchev–Trinajstić information content (AvgIpc) is 2.85. The highest BCUT2D eigenvalue weighted by Crippen LogP contribution is 2.38. The number of nitrogens with one attached hydrogen (secondary N) is 2. The van der Waals surface area contributed by atoms with E-state index in [2.05, 4.69) is 9.44 Å². The molecule has 3 unspecified atom stereocenters. The first-order chi connectivity index (χ1) is 18.5. The van der Waals surface area contributed by atoms with Gasteiger partial charge in [0, 0.05) is 53.4 Å². The van der Waals surface area contributed by atoms with Gasteiger partial charge in [0.25, 0.3) is 5.56 Å². The van der Waals surface area contributed by atoms with Crippen molar-refractivity contribution in [2.45, 2.75) is 54.7 Å². The van der Waals surface area contributed by atoms with Crippen LogP contribution in [0.15, 0.2) is 63.2 Å². The lowest BCUT2D eigenvalue weighted by atomic mass is 9.95. The van der Waals surface area contributed by atoms with Gasteiger partial charge in [-0.15, -0.1) is 4.72 Å². The fourth-order valence-corrected chi connectivity index (χ4v) is 6.75. The molecule has 0 radical (unpaired) electrons. The Morgan fingerprint density at radius 2 is 1.80 bits per heavy atom. The molecule has 0 amide bonds. The zero-order chi connectivity index (χ0) is 30.0. The van der Waals surface area contributed by atoms with Gasteiger partial charge >= 0.3 is 0 Å². The SMILES string of the molecule is CC(N[S+]([O-])C(C)(C)C)c1cc(=O)n(C)cc1-c1cc(CCNS(=O)O)c(Cl)cc1S(=O)(=O)c1ccc(F)cc1. The summed E-state index contributed by atoms with van der Waals surface area (Å²) in [5.41, 5.74) is 1.09. The van der Waals surface area contributed by atoms with Crippen LogP contribution in [0.3, 0.4) is 0 Å². The van der Waals surface area contributed by atoms with Gasteiger partial charge in [0.1, 0.15) is 10.6 Å². The molecule has 0 saturated heterocycles. The lowest BCUT2D eigenvalue weighted by molar-refractivity contribution is 0.531. The summed E-state index contributed by atoms with van der Waals surface area (Å²) in [7, 11) is -2.72. The highest BCUT2D eigenvalue weighted by Gasteiger charge is 2.31. The minimum absolute atomic E-state index is 0.0645. The van der Waals surface area contributed by atoms with Crippen molar-refractivity contribution in [2.75, 3.05) is 6.54 Å². The normalized spacial score (nSPS) is 14.6. The number of halogens is 2. The van der Waals surface area contributed by atoms with Crippen LogP contribution in [0, 0.1) is 5.82 Å². The Kier molecular flexibility index (Phi) is 10.4. The number of aromatic nitrogens is 1. The van der Waals surface area contributed by atoms with E-state index in [-0.39, 0.29) is 38.9 Å². The molecule has 14 heteroatoms. The Bertz CT molecular complexity index is 1570. The second kappa shape index (κ2) is 12.8. The summed E-state index contributed by atoms with van der Waals surface area (Å²) in [5.74, 6) is -0.603. The van der Waals surface area contributed by atoms with Crippen molar-refractivity contribution in [2.24, 2.45) is 7.05 Å². The first-order valence-corrected chi connectivity index (χ1v) is 16.2. The number of nitrogens with zero attached hydrogens (tertiary/aromatic N) is 1. The van der Waals surface area contributed by atoms with Gasteiger partial charge in [-0.3, -0.25) is 9.35 Å². The Morgan fingerprint density at radius 3 is 2.38 bits per heavy atom. The van der Waals surface area contributed by atoms with Gasteiger partial charge in [-0.05, 0) is 81.6 Å². The molecule has 3 atom stereocenters. The van der Waals surface area contributed by atoms with E-state index < -0.39 is 49.1 Å². The maximum atomic E-state index is 13.8. The molecule has 2 aromatic carbocycles. The quantitative estimate of drug-likeness (QED) is 0.174. The van der Waals surface area contributed by atoms with Crippen molar-refractivity contribution in [3.63, 3.8) is 0 Å². The fraction of sp³-hybridized carbons (Fsp3) is 0.346. The van der Waals surface area contributed by atoms with Crippen LogP contribution in [0.1, 0.15) is 44.9 Å². The van der Waals surface area contributed by atoms with Crippen molar-refractivity contribution in [1.29, 1.82) is 0 Å². The monoisotopic (exact) mass is 631 g/mol. The van der Waals surface area contributed by atoms with Gasteiger partial charge < -0.3 is 9.12 Å². The van der Waals surface area contributed by atoms with Crippen molar-refractivity contribution in [1.82, 2.24) is 14.0 Å². The van der Waals surface area contributed by atoms with Crippen LogP contribution in [-0.4, -0.2) is 37.6 Å². The van der Waals surface area contributed by atoms with Gasteiger partial charge in [0.05, 0.1) is 15.8 Å². The van der Waals surface area contributed by atoms with Crippen molar-refractivity contribution >= 4 is 44.1 Å². The molecule has 0 bridgehead atoms. The molecule has 9 nitrogen and oxygen atoms in total. The maximum absolute atomic E-state index is 13.8. The highest BCUT2D eigenvalue weighted by molar-refractivity contribution is 7.91. The first kappa shape index (κ1) is 32.4. The van der Waals surface area contributed by atoms with Crippen LogP contribution in [-0.2, 0) is 45.9 Å². The van der Waals surface area contributed by atoms with E-state index in [1.54, 1.807) is 33.8 Å². The molecule has 3 N–H and O–H groups in total. The zero-order valence-electron chi connectivity index (χ0n) is 22.5. The number of sulfone groups is 1. The Hall–Kier alpha value is -2.10. The topological polar surface area (TPSA) is 141 Å². The lowest BCUT2D eigenvalue weighted by Crippen LogP contribution is -2.41. The maximum Gasteiger partial charge on any atom is 0.250 e. The molecular weight excluding hydrogens is 601 g/mol. The number of hydrogen-bond donors (Lipinski definition) is 3.